The number of hydrogen-bond donors (Lipinski definition) is 2. The van der Waals surface area contributed by atoms with Crippen LogP contribution >= 0.6 is 0 Å². The Bertz CT molecular complexity index is 277. The Morgan fingerprint density at radius 3 is 2.12 bits per heavy atom. The summed E-state index contributed by atoms with van der Waals surface area (Å²) in [6.45, 7) is 6.85. The second-order valence-electron chi connectivity index (χ2n) is 5.28. The molecule has 0 saturated carbocycles. The van der Waals surface area contributed by atoms with E-state index in [0.717, 1.165) is 25.9 Å². The molecule has 16 heavy (non-hydrogen) atoms. The van der Waals surface area contributed by atoms with Crippen LogP contribution in [0.25, 0.3) is 0 Å². The highest BCUT2D eigenvalue weighted by atomic mass is 16.4. The first-order valence-corrected chi connectivity index (χ1v) is 5.60. The van der Waals surface area contributed by atoms with Gasteiger partial charge in [0, 0.05) is 13.1 Å². The predicted molar refractivity (Wildman–Crippen MR) is 60.2 cm³/mol. The van der Waals surface area contributed by atoms with E-state index in [9.17, 15) is 9.59 Å². The SMILES string of the molecule is CC(C)(C)[C@@H](NC(=O)N1CCCC1)C(=O)O. The molecular formula is C11H20N2O3. The summed E-state index contributed by atoms with van der Waals surface area (Å²) in [5.41, 5.74) is -0.485. The standard InChI is InChI=1S/C11H20N2O3/c1-11(2,3)8(9(14)15)12-10(16)13-6-4-5-7-13/h8H,4-7H2,1-3H3,(H,12,16)(H,14,15)/t8-/m0/s1. The molecule has 0 unspecified atom stereocenters. The van der Waals surface area contributed by atoms with E-state index >= 15 is 0 Å². The van der Waals surface area contributed by atoms with Crippen molar-refractivity contribution in [2.24, 2.45) is 5.41 Å². The fraction of sp³-hybridized carbons (Fsp3) is 0.818. The van der Waals surface area contributed by atoms with E-state index in [1.807, 2.05) is 0 Å². The second-order valence-corrected chi connectivity index (χ2v) is 5.28. The molecule has 0 aromatic rings. The number of aliphatic carboxylic acids is 1. The van der Waals surface area contributed by atoms with Gasteiger partial charge in [0.15, 0.2) is 0 Å². The number of urea groups is 1. The van der Waals surface area contributed by atoms with Crippen LogP contribution in [0.4, 0.5) is 4.79 Å². The third-order valence-corrected chi connectivity index (χ3v) is 2.77. The highest BCUT2D eigenvalue weighted by molar-refractivity contribution is 5.83. The van der Waals surface area contributed by atoms with Gasteiger partial charge >= 0.3 is 12.0 Å². The molecule has 92 valence electrons. The number of carbonyl (C=O) groups excluding carboxylic acids is 1. The van der Waals surface area contributed by atoms with Crippen molar-refractivity contribution < 1.29 is 14.7 Å². The largest absolute Gasteiger partial charge is 0.480 e. The monoisotopic (exact) mass is 228 g/mol. The number of carbonyl (C=O) groups is 2. The molecular weight excluding hydrogens is 208 g/mol. The van der Waals surface area contributed by atoms with Gasteiger partial charge in [-0.3, -0.25) is 0 Å². The molecule has 0 spiro atoms. The van der Waals surface area contributed by atoms with E-state index in [1.165, 1.54) is 0 Å². The van der Waals surface area contributed by atoms with Gasteiger partial charge in [-0.05, 0) is 18.3 Å². The van der Waals surface area contributed by atoms with Crippen LogP contribution in [-0.2, 0) is 4.79 Å². The van der Waals surface area contributed by atoms with Gasteiger partial charge in [0.1, 0.15) is 6.04 Å². The number of carboxylic acid groups (broad SMARTS) is 1. The number of nitrogens with zero attached hydrogens (tertiary/aromatic N) is 1. The van der Waals surface area contributed by atoms with E-state index in [2.05, 4.69) is 5.32 Å². The van der Waals surface area contributed by atoms with Crippen molar-refractivity contribution in [1.29, 1.82) is 0 Å². The van der Waals surface area contributed by atoms with Crippen molar-refractivity contribution in [2.75, 3.05) is 13.1 Å². The topological polar surface area (TPSA) is 69.6 Å². The summed E-state index contributed by atoms with van der Waals surface area (Å²) in [4.78, 5) is 24.5. The van der Waals surface area contributed by atoms with Crippen molar-refractivity contribution in [2.45, 2.75) is 39.7 Å². The maximum absolute atomic E-state index is 11.8. The zero-order chi connectivity index (χ0) is 12.3. The Kier molecular flexibility index (Phi) is 3.78. The minimum Gasteiger partial charge on any atom is -0.480 e. The number of rotatable bonds is 2. The summed E-state index contributed by atoms with van der Waals surface area (Å²) in [7, 11) is 0. The first-order valence-electron chi connectivity index (χ1n) is 5.60. The predicted octanol–water partition coefficient (Wildman–Crippen LogP) is 1.29. The highest BCUT2D eigenvalue weighted by Gasteiger charge is 2.34. The average Bonchev–Trinajstić information content (AvgIpc) is 2.63. The maximum Gasteiger partial charge on any atom is 0.326 e. The normalized spacial score (nSPS) is 18.3. The van der Waals surface area contributed by atoms with Crippen LogP contribution in [0.2, 0.25) is 0 Å². The lowest BCUT2D eigenvalue weighted by atomic mass is 9.87. The zero-order valence-corrected chi connectivity index (χ0v) is 10.1. The molecule has 0 aliphatic carbocycles. The van der Waals surface area contributed by atoms with Crippen molar-refractivity contribution in [3.8, 4) is 0 Å². The Hall–Kier alpha value is -1.26. The average molecular weight is 228 g/mol. The molecule has 0 bridgehead atoms. The molecule has 0 aromatic heterocycles. The maximum atomic E-state index is 11.8. The van der Waals surface area contributed by atoms with Gasteiger partial charge in [-0.25, -0.2) is 9.59 Å². The van der Waals surface area contributed by atoms with E-state index in [-0.39, 0.29) is 6.03 Å². The molecule has 1 rings (SSSR count). The molecule has 0 aromatic carbocycles. The minimum atomic E-state index is -0.986. The van der Waals surface area contributed by atoms with Crippen LogP contribution < -0.4 is 5.32 Å². The Morgan fingerprint density at radius 1 is 1.25 bits per heavy atom. The Labute approximate surface area is 95.8 Å². The number of hydrogen-bond acceptors (Lipinski definition) is 2. The van der Waals surface area contributed by atoms with Gasteiger partial charge in [-0.2, -0.15) is 0 Å². The number of carboxylic acids is 1. The zero-order valence-electron chi connectivity index (χ0n) is 10.1. The molecule has 2 N–H and O–H groups in total. The van der Waals surface area contributed by atoms with Gasteiger partial charge in [-0.15, -0.1) is 0 Å². The van der Waals surface area contributed by atoms with E-state index in [4.69, 9.17) is 5.11 Å². The number of likely N-dealkylation sites (tertiary alicyclic amines) is 1. The van der Waals surface area contributed by atoms with Crippen LogP contribution in [0.3, 0.4) is 0 Å². The Morgan fingerprint density at radius 2 is 1.75 bits per heavy atom. The van der Waals surface area contributed by atoms with Gasteiger partial charge in [0.25, 0.3) is 0 Å². The fourth-order valence-electron chi connectivity index (χ4n) is 1.78. The molecule has 5 heteroatoms. The first kappa shape index (κ1) is 12.8. The first-order chi connectivity index (χ1) is 7.32. The van der Waals surface area contributed by atoms with E-state index in [1.54, 1.807) is 25.7 Å². The van der Waals surface area contributed by atoms with Crippen LogP contribution in [0.5, 0.6) is 0 Å². The summed E-state index contributed by atoms with van der Waals surface area (Å²) in [5, 5.41) is 11.7. The van der Waals surface area contributed by atoms with Gasteiger partial charge in [0.2, 0.25) is 0 Å². The molecule has 2 amide bonds. The highest BCUT2D eigenvalue weighted by Crippen LogP contribution is 2.20. The molecule has 1 aliphatic heterocycles. The van der Waals surface area contributed by atoms with Gasteiger partial charge < -0.3 is 15.3 Å². The third-order valence-electron chi connectivity index (χ3n) is 2.77. The molecule has 5 nitrogen and oxygen atoms in total. The lowest BCUT2D eigenvalue weighted by Crippen LogP contribution is -2.52. The van der Waals surface area contributed by atoms with Crippen molar-refractivity contribution >= 4 is 12.0 Å². The van der Waals surface area contributed by atoms with Crippen molar-refractivity contribution in [3.63, 3.8) is 0 Å². The van der Waals surface area contributed by atoms with E-state index < -0.39 is 17.4 Å². The van der Waals surface area contributed by atoms with Crippen LogP contribution in [0.15, 0.2) is 0 Å². The van der Waals surface area contributed by atoms with Crippen LogP contribution in [0.1, 0.15) is 33.6 Å². The third kappa shape index (κ3) is 3.12. The molecule has 1 fully saturated rings. The van der Waals surface area contributed by atoms with E-state index in [0.29, 0.717) is 0 Å². The smallest absolute Gasteiger partial charge is 0.326 e. The molecule has 1 saturated heterocycles. The summed E-state index contributed by atoms with van der Waals surface area (Å²) in [6, 6.07) is -1.11. The van der Waals surface area contributed by atoms with Gasteiger partial charge in [-0.1, -0.05) is 20.8 Å². The summed E-state index contributed by atoms with van der Waals surface area (Å²) in [6.07, 6.45) is 2.00. The second kappa shape index (κ2) is 4.72. The molecule has 1 aliphatic rings. The molecule has 1 heterocycles. The Balaban J connectivity index is 2.61. The van der Waals surface area contributed by atoms with Gasteiger partial charge in [0.05, 0.1) is 0 Å². The molecule has 1 atom stereocenters. The quantitative estimate of drug-likeness (QED) is 0.748. The number of nitrogens with one attached hydrogen (secondary N) is 1. The lowest BCUT2D eigenvalue weighted by molar-refractivity contribution is -0.142. The van der Waals surface area contributed by atoms with Crippen molar-refractivity contribution in [1.82, 2.24) is 10.2 Å². The fourth-order valence-corrected chi connectivity index (χ4v) is 1.78. The van der Waals surface area contributed by atoms with Crippen LogP contribution in [0, 0.1) is 5.41 Å². The summed E-state index contributed by atoms with van der Waals surface area (Å²) >= 11 is 0. The van der Waals surface area contributed by atoms with Crippen molar-refractivity contribution in [3.05, 3.63) is 0 Å². The number of amides is 2. The molecule has 0 radical (unpaired) electrons. The minimum absolute atomic E-state index is 0.264. The lowest BCUT2D eigenvalue weighted by Gasteiger charge is -2.29. The summed E-state index contributed by atoms with van der Waals surface area (Å²) < 4.78 is 0. The van der Waals surface area contributed by atoms with Crippen LogP contribution in [-0.4, -0.2) is 41.1 Å². The summed E-state index contributed by atoms with van der Waals surface area (Å²) in [5.74, 6) is -0.986.